The van der Waals surface area contributed by atoms with Crippen LogP contribution < -0.4 is 11.1 Å². The van der Waals surface area contributed by atoms with Crippen molar-refractivity contribution in [3.05, 3.63) is 53.3 Å². The standard InChI is InChI=1S/C17H20F2N4O2/c1-10(2)9-23-14(15(18)19)12(8-21-23)17(25)22-13(16(20)24)11-6-4-3-5-7-11/h3-8,10,13,15H,9H2,1-2H3,(H2,20,24)(H,22,25). The maximum atomic E-state index is 13.4. The molecule has 2 amide bonds. The Morgan fingerprint density at radius 1 is 1.24 bits per heavy atom. The van der Waals surface area contributed by atoms with Crippen molar-refractivity contribution in [3.8, 4) is 0 Å². The Bertz CT molecular complexity index is 744. The highest BCUT2D eigenvalue weighted by molar-refractivity contribution is 5.98. The molecular formula is C17H20F2N4O2. The molecule has 1 atom stereocenters. The predicted octanol–water partition coefficient (Wildman–Crippen LogP) is 2.43. The summed E-state index contributed by atoms with van der Waals surface area (Å²) in [6.45, 7) is 3.97. The van der Waals surface area contributed by atoms with Crippen molar-refractivity contribution < 1.29 is 18.4 Å². The minimum Gasteiger partial charge on any atom is -0.368 e. The van der Waals surface area contributed by atoms with Gasteiger partial charge in [-0.3, -0.25) is 14.3 Å². The van der Waals surface area contributed by atoms with E-state index in [1.807, 2.05) is 13.8 Å². The number of rotatable bonds is 7. The fourth-order valence-electron chi connectivity index (χ4n) is 2.46. The zero-order chi connectivity index (χ0) is 18.6. The van der Waals surface area contributed by atoms with E-state index in [9.17, 15) is 18.4 Å². The van der Waals surface area contributed by atoms with E-state index in [0.29, 0.717) is 5.56 Å². The van der Waals surface area contributed by atoms with Gasteiger partial charge in [-0.15, -0.1) is 0 Å². The van der Waals surface area contributed by atoms with Crippen molar-refractivity contribution in [2.75, 3.05) is 0 Å². The van der Waals surface area contributed by atoms with E-state index in [-0.39, 0.29) is 18.0 Å². The Kier molecular flexibility index (Phi) is 5.84. The third-order valence-electron chi connectivity index (χ3n) is 3.56. The smallest absolute Gasteiger partial charge is 0.280 e. The fourth-order valence-corrected chi connectivity index (χ4v) is 2.46. The van der Waals surface area contributed by atoms with Gasteiger partial charge < -0.3 is 11.1 Å². The number of aromatic nitrogens is 2. The summed E-state index contributed by atoms with van der Waals surface area (Å²) in [6.07, 6.45) is -1.78. The maximum Gasteiger partial charge on any atom is 0.280 e. The number of nitrogens with two attached hydrogens (primary N) is 1. The van der Waals surface area contributed by atoms with Gasteiger partial charge in [0.1, 0.15) is 11.7 Å². The summed E-state index contributed by atoms with van der Waals surface area (Å²) in [5.74, 6) is -1.53. The Labute approximate surface area is 144 Å². The number of halogens is 2. The number of carbonyl (C=O) groups is 2. The van der Waals surface area contributed by atoms with Crippen LogP contribution in [0.4, 0.5) is 8.78 Å². The molecule has 0 aliphatic carbocycles. The summed E-state index contributed by atoms with van der Waals surface area (Å²) in [5, 5.41) is 6.29. The topological polar surface area (TPSA) is 90.0 Å². The molecule has 2 aromatic rings. The van der Waals surface area contributed by atoms with Crippen LogP contribution in [0.2, 0.25) is 0 Å². The number of alkyl halides is 2. The van der Waals surface area contributed by atoms with Gasteiger partial charge in [0.05, 0.1) is 11.8 Å². The molecule has 0 saturated heterocycles. The van der Waals surface area contributed by atoms with E-state index >= 15 is 0 Å². The molecule has 3 N–H and O–H groups in total. The highest BCUT2D eigenvalue weighted by Gasteiger charge is 2.28. The van der Waals surface area contributed by atoms with E-state index in [4.69, 9.17) is 5.73 Å². The van der Waals surface area contributed by atoms with Gasteiger partial charge in [-0.05, 0) is 11.5 Å². The molecule has 8 heteroatoms. The van der Waals surface area contributed by atoms with Gasteiger partial charge in [0.15, 0.2) is 0 Å². The summed E-state index contributed by atoms with van der Waals surface area (Å²) >= 11 is 0. The second-order valence-corrected chi connectivity index (χ2v) is 6.04. The number of nitrogens with zero attached hydrogens (tertiary/aromatic N) is 2. The zero-order valence-corrected chi connectivity index (χ0v) is 13.9. The summed E-state index contributed by atoms with van der Waals surface area (Å²) in [4.78, 5) is 24.1. The molecule has 25 heavy (non-hydrogen) atoms. The molecule has 0 saturated carbocycles. The van der Waals surface area contributed by atoms with E-state index < -0.39 is 30.0 Å². The second-order valence-electron chi connectivity index (χ2n) is 6.04. The molecule has 2 rings (SSSR count). The average Bonchev–Trinajstić information content (AvgIpc) is 2.96. The SMILES string of the molecule is CC(C)Cn1ncc(C(=O)NC(C(N)=O)c2ccccc2)c1C(F)F. The third kappa shape index (κ3) is 4.40. The largest absolute Gasteiger partial charge is 0.368 e. The number of amides is 2. The van der Waals surface area contributed by atoms with Crippen LogP contribution in [0.1, 0.15) is 47.9 Å². The highest BCUT2D eigenvalue weighted by atomic mass is 19.3. The first-order chi connectivity index (χ1) is 11.8. The lowest BCUT2D eigenvalue weighted by molar-refractivity contribution is -0.120. The Morgan fingerprint density at radius 3 is 2.40 bits per heavy atom. The number of hydrogen-bond acceptors (Lipinski definition) is 3. The zero-order valence-electron chi connectivity index (χ0n) is 13.9. The molecule has 1 aromatic carbocycles. The van der Waals surface area contributed by atoms with E-state index in [0.717, 1.165) is 10.9 Å². The monoisotopic (exact) mass is 350 g/mol. The van der Waals surface area contributed by atoms with Crippen molar-refractivity contribution in [1.29, 1.82) is 0 Å². The van der Waals surface area contributed by atoms with Crippen LogP contribution >= 0.6 is 0 Å². The highest BCUT2D eigenvalue weighted by Crippen LogP contribution is 2.24. The molecule has 6 nitrogen and oxygen atoms in total. The van der Waals surface area contributed by atoms with Crippen LogP contribution in [0.5, 0.6) is 0 Å². The molecule has 0 fully saturated rings. The fraction of sp³-hybridized carbons (Fsp3) is 0.353. The van der Waals surface area contributed by atoms with Gasteiger partial charge in [-0.2, -0.15) is 5.10 Å². The van der Waals surface area contributed by atoms with Crippen molar-refractivity contribution in [1.82, 2.24) is 15.1 Å². The predicted molar refractivity (Wildman–Crippen MR) is 87.9 cm³/mol. The van der Waals surface area contributed by atoms with Crippen LogP contribution in [-0.2, 0) is 11.3 Å². The number of benzene rings is 1. The first-order valence-electron chi connectivity index (χ1n) is 7.80. The van der Waals surface area contributed by atoms with E-state index in [1.165, 1.54) is 0 Å². The van der Waals surface area contributed by atoms with Gasteiger partial charge in [0, 0.05) is 6.54 Å². The molecular weight excluding hydrogens is 330 g/mol. The summed E-state index contributed by atoms with van der Waals surface area (Å²) < 4.78 is 28.0. The van der Waals surface area contributed by atoms with Crippen LogP contribution in [0.3, 0.4) is 0 Å². The van der Waals surface area contributed by atoms with E-state index in [2.05, 4.69) is 10.4 Å². The molecule has 134 valence electrons. The maximum absolute atomic E-state index is 13.4. The summed E-state index contributed by atoms with van der Waals surface area (Å²) in [6, 6.07) is 7.23. The summed E-state index contributed by atoms with van der Waals surface area (Å²) in [5.41, 5.74) is 5.07. The summed E-state index contributed by atoms with van der Waals surface area (Å²) in [7, 11) is 0. The quantitative estimate of drug-likeness (QED) is 0.804. The first kappa shape index (κ1) is 18.6. The Morgan fingerprint density at radius 2 is 1.88 bits per heavy atom. The van der Waals surface area contributed by atoms with Crippen LogP contribution in [-0.4, -0.2) is 21.6 Å². The van der Waals surface area contributed by atoms with Crippen LogP contribution in [0.25, 0.3) is 0 Å². The minimum absolute atomic E-state index is 0.0796. The lowest BCUT2D eigenvalue weighted by Crippen LogP contribution is -2.37. The lowest BCUT2D eigenvalue weighted by atomic mass is 10.1. The molecule has 0 spiro atoms. The number of carbonyl (C=O) groups excluding carboxylic acids is 2. The van der Waals surface area contributed by atoms with Gasteiger partial charge in [-0.25, -0.2) is 8.78 Å². The van der Waals surface area contributed by atoms with Gasteiger partial charge >= 0.3 is 0 Å². The molecule has 0 aliphatic heterocycles. The first-order valence-corrected chi connectivity index (χ1v) is 7.80. The lowest BCUT2D eigenvalue weighted by Gasteiger charge is -2.16. The van der Waals surface area contributed by atoms with Crippen molar-refractivity contribution in [2.24, 2.45) is 11.7 Å². The molecule has 1 heterocycles. The third-order valence-corrected chi connectivity index (χ3v) is 3.56. The molecule has 0 aliphatic rings. The van der Waals surface area contributed by atoms with Gasteiger partial charge in [-0.1, -0.05) is 44.2 Å². The minimum atomic E-state index is -2.87. The van der Waals surface area contributed by atoms with Crippen molar-refractivity contribution in [2.45, 2.75) is 32.9 Å². The Balaban J connectivity index is 2.30. The number of primary amides is 1. The number of hydrogen-bond donors (Lipinski definition) is 2. The van der Waals surface area contributed by atoms with Crippen molar-refractivity contribution in [3.63, 3.8) is 0 Å². The van der Waals surface area contributed by atoms with E-state index in [1.54, 1.807) is 30.3 Å². The molecule has 1 aromatic heterocycles. The average molecular weight is 350 g/mol. The second kappa shape index (κ2) is 7.87. The number of nitrogens with one attached hydrogen (secondary N) is 1. The van der Waals surface area contributed by atoms with Crippen molar-refractivity contribution >= 4 is 11.8 Å². The molecule has 0 bridgehead atoms. The molecule has 1 unspecified atom stereocenters. The molecule has 0 radical (unpaired) electrons. The van der Waals surface area contributed by atoms with Crippen LogP contribution in [0.15, 0.2) is 36.5 Å². The van der Waals surface area contributed by atoms with Crippen LogP contribution in [0, 0.1) is 5.92 Å². The Hall–Kier alpha value is -2.77. The van der Waals surface area contributed by atoms with Gasteiger partial charge in [0.2, 0.25) is 5.91 Å². The van der Waals surface area contributed by atoms with Gasteiger partial charge in [0.25, 0.3) is 12.3 Å². The normalized spacial score (nSPS) is 12.4.